The predicted octanol–water partition coefficient (Wildman–Crippen LogP) is 1.24. The van der Waals surface area contributed by atoms with Crippen molar-refractivity contribution in [2.24, 2.45) is 11.3 Å². The highest BCUT2D eigenvalue weighted by molar-refractivity contribution is 5.86. The van der Waals surface area contributed by atoms with E-state index >= 15 is 0 Å². The summed E-state index contributed by atoms with van der Waals surface area (Å²) >= 11 is 0. The SMILES string of the molecule is COC(=O)c1ccc(NC[C@H]2CCC3(CCOCC3)[C@@H]2O)nn1. The number of hydrogen-bond donors (Lipinski definition) is 2. The summed E-state index contributed by atoms with van der Waals surface area (Å²) in [6, 6.07) is 3.27. The smallest absolute Gasteiger partial charge is 0.358 e. The average Bonchev–Trinajstić information content (AvgIpc) is 2.89. The second kappa shape index (κ2) is 6.80. The Hall–Kier alpha value is -1.73. The maximum absolute atomic E-state index is 11.3. The topological polar surface area (TPSA) is 93.6 Å². The lowest BCUT2D eigenvalue weighted by molar-refractivity contribution is -0.0545. The zero-order valence-corrected chi connectivity index (χ0v) is 13.3. The molecule has 1 saturated carbocycles. The quantitative estimate of drug-likeness (QED) is 0.806. The van der Waals surface area contributed by atoms with Crippen molar-refractivity contribution in [1.82, 2.24) is 10.2 Å². The van der Waals surface area contributed by atoms with E-state index in [1.54, 1.807) is 12.1 Å². The van der Waals surface area contributed by atoms with Crippen LogP contribution in [0.25, 0.3) is 0 Å². The van der Waals surface area contributed by atoms with Crippen molar-refractivity contribution in [3.8, 4) is 0 Å². The third-order valence-corrected chi connectivity index (χ3v) is 5.18. The minimum absolute atomic E-state index is 0.0328. The van der Waals surface area contributed by atoms with Gasteiger partial charge in [0, 0.05) is 31.1 Å². The minimum atomic E-state index is -0.503. The van der Waals surface area contributed by atoms with Crippen LogP contribution in [-0.4, -0.2) is 54.2 Å². The van der Waals surface area contributed by atoms with Gasteiger partial charge in [-0.05, 0) is 37.8 Å². The van der Waals surface area contributed by atoms with E-state index in [4.69, 9.17) is 4.74 Å². The largest absolute Gasteiger partial charge is 0.464 e. The first-order valence-corrected chi connectivity index (χ1v) is 8.06. The summed E-state index contributed by atoms with van der Waals surface area (Å²) in [6.45, 7) is 2.14. The van der Waals surface area contributed by atoms with E-state index < -0.39 is 5.97 Å². The molecule has 23 heavy (non-hydrogen) atoms. The summed E-state index contributed by atoms with van der Waals surface area (Å²) in [4.78, 5) is 11.3. The van der Waals surface area contributed by atoms with Crippen molar-refractivity contribution in [2.45, 2.75) is 31.8 Å². The number of anilines is 1. The predicted molar refractivity (Wildman–Crippen MR) is 83.1 cm³/mol. The lowest BCUT2D eigenvalue weighted by atomic mass is 9.76. The Morgan fingerprint density at radius 1 is 1.39 bits per heavy atom. The molecular formula is C16H23N3O4. The molecule has 1 aromatic heterocycles. The average molecular weight is 321 g/mol. The Morgan fingerprint density at radius 2 is 2.17 bits per heavy atom. The minimum Gasteiger partial charge on any atom is -0.464 e. The summed E-state index contributed by atoms with van der Waals surface area (Å²) in [5.41, 5.74) is 0.213. The molecule has 1 aliphatic carbocycles. The normalized spacial score (nSPS) is 26.2. The number of aliphatic hydroxyl groups is 1. The van der Waals surface area contributed by atoms with Gasteiger partial charge < -0.3 is 19.9 Å². The summed E-state index contributed by atoms with van der Waals surface area (Å²) in [5.74, 6) is 0.296. The number of nitrogens with zero attached hydrogens (tertiary/aromatic N) is 2. The van der Waals surface area contributed by atoms with Crippen LogP contribution in [0.15, 0.2) is 12.1 Å². The van der Waals surface area contributed by atoms with Gasteiger partial charge in [0.2, 0.25) is 0 Å². The highest BCUT2D eigenvalue weighted by atomic mass is 16.5. The molecule has 3 rings (SSSR count). The van der Waals surface area contributed by atoms with Gasteiger partial charge in [0.15, 0.2) is 5.69 Å². The van der Waals surface area contributed by atoms with Crippen LogP contribution in [0.3, 0.4) is 0 Å². The zero-order chi connectivity index (χ0) is 16.3. The molecule has 1 saturated heterocycles. The molecule has 1 aliphatic heterocycles. The lowest BCUT2D eigenvalue weighted by Gasteiger charge is -2.37. The van der Waals surface area contributed by atoms with Gasteiger partial charge in [-0.1, -0.05) is 0 Å². The number of aliphatic hydroxyl groups excluding tert-OH is 1. The van der Waals surface area contributed by atoms with Crippen LogP contribution in [0.1, 0.15) is 36.2 Å². The van der Waals surface area contributed by atoms with Crippen molar-refractivity contribution in [1.29, 1.82) is 0 Å². The van der Waals surface area contributed by atoms with Crippen molar-refractivity contribution in [2.75, 3.05) is 32.2 Å². The number of ether oxygens (including phenoxy) is 2. The van der Waals surface area contributed by atoms with E-state index in [0.717, 1.165) is 38.9 Å². The van der Waals surface area contributed by atoms with Gasteiger partial charge in [0.05, 0.1) is 13.2 Å². The molecular weight excluding hydrogens is 298 g/mol. The van der Waals surface area contributed by atoms with E-state index in [1.165, 1.54) is 7.11 Å². The first kappa shape index (κ1) is 16.1. The first-order valence-electron chi connectivity index (χ1n) is 8.06. The number of rotatable bonds is 4. The highest BCUT2D eigenvalue weighted by Gasteiger charge is 2.47. The van der Waals surface area contributed by atoms with E-state index in [-0.39, 0.29) is 23.1 Å². The van der Waals surface area contributed by atoms with Crippen LogP contribution in [0.2, 0.25) is 0 Å². The van der Waals surface area contributed by atoms with Crippen molar-refractivity contribution < 1.29 is 19.4 Å². The molecule has 2 atom stereocenters. The van der Waals surface area contributed by atoms with Gasteiger partial charge in [-0.2, -0.15) is 0 Å². The zero-order valence-electron chi connectivity index (χ0n) is 13.3. The Morgan fingerprint density at radius 3 is 2.83 bits per heavy atom. The van der Waals surface area contributed by atoms with E-state index in [2.05, 4.69) is 20.3 Å². The van der Waals surface area contributed by atoms with Crippen LogP contribution in [0.5, 0.6) is 0 Å². The molecule has 0 amide bonds. The van der Waals surface area contributed by atoms with E-state index in [9.17, 15) is 9.90 Å². The summed E-state index contributed by atoms with van der Waals surface area (Å²) in [5, 5.41) is 21.7. The van der Waals surface area contributed by atoms with Crippen LogP contribution in [0, 0.1) is 11.3 Å². The third-order valence-electron chi connectivity index (χ3n) is 5.18. The molecule has 2 heterocycles. The number of hydrogen-bond acceptors (Lipinski definition) is 7. The molecule has 0 unspecified atom stereocenters. The Kier molecular flexibility index (Phi) is 4.77. The van der Waals surface area contributed by atoms with Crippen LogP contribution < -0.4 is 5.32 Å². The molecule has 0 radical (unpaired) electrons. The maximum atomic E-state index is 11.3. The van der Waals surface area contributed by atoms with Gasteiger partial charge in [0.25, 0.3) is 0 Å². The van der Waals surface area contributed by atoms with Crippen molar-refractivity contribution >= 4 is 11.8 Å². The standard InChI is InChI=1S/C16H23N3O4/c1-22-15(21)12-2-3-13(19-18-12)17-10-11-4-5-16(14(11)20)6-8-23-9-7-16/h2-3,11,14,20H,4-10H2,1H3,(H,17,19)/t11-,14-/m1/s1. The molecule has 0 aromatic carbocycles. The fraction of sp³-hybridized carbons (Fsp3) is 0.688. The summed E-state index contributed by atoms with van der Waals surface area (Å²) < 4.78 is 10.0. The van der Waals surface area contributed by atoms with E-state index in [0.29, 0.717) is 12.4 Å². The number of aromatic nitrogens is 2. The fourth-order valence-corrected chi connectivity index (χ4v) is 3.69. The fourth-order valence-electron chi connectivity index (χ4n) is 3.69. The van der Waals surface area contributed by atoms with Gasteiger partial charge in [-0.25, -0.2) is 4.79 Å². The Balaban J connectivity index is 1.55. The molecule has 7 nitrogen and oxygen atoms in total. The molecule has 1 spiro atoms. The molecule has 7 heteroatoms. The molecule has 2 aliphatic rings. The number of esters is 1. The molecule has 1 aromatic rings. The second-order valence-corrected chi connectivity index (χ2v) is 6.39. The number of carbonyl (C=O) groups excluding carboxylic acids is 1. The summed E-state index contributed by atoms with van der Waals surface area (Å²) in [7, 11) is 1.31. The molecule has 2 fully saturated rings. The van der Waals surface area contributed by atoms with Gasteiger partial charge >= 0.3 is 5.97 Å². The van der Waals surface area contributed by atoms with E-state index in [1.807, 2.05) is 0 Å². The Labute approximate surface area is 135 Å². The van der Waals surface area contributed by atoms with Gasteiger partial charge in [-0.15, -0.1) is 10.2 Å². The molecule has 126 valence electrons. The van der Waals surface area contributed by atoms with Crippen LogP contribution >= 0.6 is 0 Å². The molecule has 2 N–H and O–H groups in total. The number of nitrogens with one attached hydrogen (secondary N) is 1. The van der Waals surface area contributed by atoms with Gasteiger partial charge in [0.1, 0.15) is 5.82 Å². The number of methoxy groups -OCH3 is 1. The van der Waals surface area contributed by atoms with Gasteiger partial charge in [-0.3, -0.25) is 0 Å². The third kappa shape index (κ3) is 3.30. The van der Waals surface area contributed by atoms with Crippen molar-refractivity contribution in [3.63, 3.8) is 0 Å². The van der Waals surface area contributed by atoms with Crippen molar-refractivity contribution in [3.05, 3.63) is 17.8 Å². The number of carbonyl (C=O) groups is 1. The highest BCUT2D eigenvalue weighted by Crippen LogP contribution is 2.48. The lowest BCUT2D eigenvalue weighted by Crippen LogP contribution is -2.40. The van der Waals surface area contributed by atoms with Crippen LogP contribution in [0.4, 0.5) is 5.82 Å². The first-order chi connectivity index (χ1) is 11.1. The summed E-state index contributed by atoms with van der Waals surface area (Å²) in [6.07, 6.45) is 3.64. The monoisotopic (exact) mass is 321 g/mol. The molecule has 0 bridgehead atoms. The Bertz CT molecular complexity index is 543. The van der Waals surface area contributed by atoms with Crippen LogP contribution in [-0.2, 0) is 9.47 Å². The second-order valence-electron chi connectivity index (χ2n) is 6.39. The maximum Gasteiger partial charge on any atom is 0.358 e.